The fourth-order valence-electron chi connectivity index (χ4n) is 2.43. The SMILES string of the molecule is CC(C)CC(C)(Oc1ccc(Oc2ccc(Cl)cc2)cc1)C(=O)O. The highest BCUT2D eigenvalue weighted by Crippen LogP contribution is 2.29. The Labute approximate surface area is 147 Å². The molecule has 0 fully saturated rings. The number of benzene rings is 2. The van der Waals surface area contributed by atoms with Crippen LogP contribution in [0.1, 0.15) is 27.2 Å². The number of carboxylic acids is 1. The highest BCUT2D eigenvalue weighted by atomic mass is 35.5. The minimum atomic E-state index is -1.26. The molecule has 0 heterocycles. The number of rotatable bonds is 7. The zero-order valence-corrected chi connectivity index (χ0v) is 14.7. The van der Waals surface area contributed by atoms with Gasteiger partial charge in [0.05, 0.1) is 0 Å². The van der Waals surface area contributed by atoms with Crippen molar-refractivity contribution in [2.24, 2.45) is 5.92 Å². The van der Waals surface area contributed by atoms with Crippen molar-refractivity contribution in [3.63, 3.8) is 0 Å². The largest absolute Gasteiger partial charge is 0.478 e. The van der Waals surface area contributed by atoms with Gasteiger partial charge in [-0.25, -0.2) is 4.79 Å². The molecule has 0 aliphatic rings. The van der Waals surface area contributed by atoms with Crippen LogP contribution in [0.4, 0.5) is 0 Å². The van der Waals surface area contributed by atoms with Gasteiger partial charge in [0.2, 0.25) is 5.60 Å². The Morgan fingerprint density at radius 2 is 1.50 bits per heavy atom. The van der Waals surface area contributed by atoms with Gasteiger partial charge in [0, 0.05) is 11.4 Å². The minimum absolute atomic E-state index is 0.207. The van der Waals surface area contributed by atoms with E-state index in [0.29, 0.717) is 28.7 Å². The Balaban J connectivity index is 2.08. The first-order valence-electron chi connectivity index (χ1n) is 7.74. The number of halogens is 1. The fraction of sp³-hybridized carbons (Fsp3) is 0.316. The average Bonchev–Trinajstić information content (AvgIpc) is 2.50. The van der Waals surface area contributed by atoms with Crippen LogP contribution < -0.4 is 9.47 Å². The lowest BCUT2D eigenvalue weighted by atomic mass is 9.94. The number of carboxylic acid groups (broad SMARTS) is 1. The monoisotopic (exact) mass is 348 g/mol. The van der Waals surface area contributed by atoms with Gasteiger partial charge in [-0.1, -0.05) is 25.4 Å². The van der Waals surface area contributed by atoms with Gasteiger partial charge in [0.1, 0.15) is 17.2 Å². The number of hydrogen-bond donors (Lipinski definition) is 1. The van der Waals surface area contributed by atoms with E-state index >= 15 is 0 Å². The Morgan fingerprint density at radius 1 is 1.04 bits per heavy atom. The lowest BCUT2D eigenvalue weighted by Crippen LogP contribution is -2.42. The zero-order valence-electron chi connectivity index (χ0n) is 14.0. The van der Waals surface area contributed by atoms with Crippen LogP contribution >= 0.6 is 11.6 Å². The molecule has 1 unspecified atom stereocenters. The summed E-state index contributed by atoms with van der Waals surface area (Å²) in [6.07, 6.45) is 0.422. The predicted octanol–water partition coefficient (Wildman–Crippen LogP) is 5.40. The molecule has 0 radical (unpaired) electrons. The van der Waals surface area contributed by atoms with E-state index in [1.165, 1.54) is 0 Å². The average molecular weight is 349 g/mol. The maximum atomic E-state index is 11.5. The van der Waals surface area contributed by atoms with Crippen molar-refractivity contribution in [1.29, 1.82) is 0 Å². The van der Waals surface area contributed by atoms with E-state index in [2.05, 4.69) is 0 Å². The molecule has 1 atom stereocenters. The summed E-state index contributed by atoms with van der Waals surface area (Å²) < 4.78 is 11.4. The van der Waals surface area contributed by atoms with Gasteiger partial charge in [0.25, 0.3) is 0 Å². The van der Waals surface area contributed by atoms with Gasteiger partial charge in [0.15, 0.2) is 0 Å². The van der Waals surface area contributed by atoms with Crippen LogP contribution in [0.15, 0.2) is 48.5 Å². The Bertz CT molecular complexity index is 680. The van der Waals surface area contributed by atoms with Crippen molar-refractivity contribution in [1.82, 2.24) is 0 Å². The first kappa shape index (κ1) is 18.1. The Hall–Kier alpha value is -2.20. The molecule has 4 nitrogen and oxygen atoms in total. The molecule has 0 bridgehead atoms. The predicted molar refractivity (Wildman–Crippen MR) is 94.1 cm³/mol. The quantitative estimate of drug-likeness (QED) is 0.727. The minimum Gasteiger partial charge on any atom is -0.478 e. The second-order valence-electron chi connectivity index (χ2n) is 6.26. The van der Waals surface area contributed by atoms with Crippen LogP contribution in [0, 0.1) is 5.92 Å². The van der Waals surface area contributed by atoms with Crippen molar-refractivity contribution in [2.45, 2.75) is 32.8 Å². The fourth-order valence-corrected chi connectivity index (χ4v) is 2.55. The zero-order chi connectivity index (χ0) is 17.7. The van der Waals surface area contributed by atoms with Gasteiger partial charge in [-0.15, -0.1) is 0 Å². The van der Waals surface area contributed by atoms with Crippen LogP contribution in [-0.4, -0.2) is 16.7 Å². The third-order valence-corrected chi connectivity index (χ3v) is 3.72. The molecular weight excluding hydrogens is 328 g/mol. The maximum Gasteiger partial charge on any atom is 0.347 e. The summed E-state index contributed by atoms with van der Waals surface area (Å²) in [4.78, 5) is 11.5. The molecule has 0 saturated heterocycles. The number of ether oxygens (including phenoxy) is 2. The molecule has 0 aromatic heterocycles. The number of hydrogen-bond acceptors (Lipinski definition) is 3. The van der Waals surface area contributed by atoms with E-state index in [1.807, 2.05) is 13.8 Å². The lowest BCUT2D eigenvalue weighted by Gasteiger charge is -2.28. The number of aliphatic carboxylic acids is 1. The van der Waals surface area contributed by atoms with Crippen molar-refractivity contribution in [3.05, 3.63) is 53.6 Å². The third-order valence-electron chi connectivity index (χ3n) is 3.47. The molecule has 24 heavy (non-hydrogen) atoms. The van der Waals surface area contributed by atoms with E-state index < -0.39 is 11.6 Å². The molecule has 0 amide bonds. The first-order valence-corrected chi connectivity index (χ1v) is 8.12. The van der Waals surface area contributed by atoms with Gasteiger partial charge in [-0.3, -0.25) is 0 Å². The molecule has 2 aromatic rings. The molecule has 2 aromatic carbocycles. The summed E-state index contributed by atoms with van der Waals surface area (Å²) >= 11 is 5.84. The topological polar surface area (TPSA) is 55.8 Å². The Kier molecular flexibility index (Phi) is 5.73. The molecular formula is C19H21ClO4. The molecule has 128 valence electrons. The lowest BCUT2D eigenvalue weighted by molar-refractivity contribution is -0.155. The van der Waals surface area contributed by atoms with E-state index in [1.54, 1.807) is 55.5 Å². The van der Waals surface area contributed by atoms with E-state index in [4.69, 9.17) is 21.1 Å². The summed E-state index contributed by atoms with van der Waals surface area (Å²) in [5, 5.41) is 10.1. The van der Waals surface area contributed by atoms with Gasteiger partial charge >= 0.3 is 5.97 Å². The normalized spacial score (nSPS) is 13.4. The van der Waals surface area contributed by atoms with E-state index in [0.717, 1.165) is 0 Å². The van der Waals surface area contributed by atoms with Gasteiger partial charge in [-0.05, 0) is 61.4 Å². The van der Waals surface area contributed by atoms with E-state index in [9.17, 15) is 9.90 Å². The standard InChI is InChI=1S/C19H21ClO4/c1-13(2)12-19(3,18(21)22)24-17-10-8-16(9-11-17)23-15-6-4-14(20)5-7-15/h4-11,13H,12H2,1-3H3,(H,21,22). The maximum absolute atomic E-state index is 11.5. The smallest absolute Gasteiger partial charge is 0.347 e. The molecule has 0 aliphatic heterocycles. The van der Waals surface area contributed by atoms with Crippen molar-refractivity contribution >= 4 is 17.6 Å². The number of carbonyl (C=O) groups is 1. The van der Waals surface area contributed by atoms with Crippen LogP contribution in [0.5, 0.6) is 17.2 Å². The van der Waals surface area contributed by atoms with Crippen LogP contribution in [-0.2, 0) is 4.79 Å². The van der Waals surface area contributed by atoms with Gasteiger partial charge in [-0.2, -0.15) is 0 Å². The first-order chi connectivity index (χ1) is 11.3. The highest BCUT2D eigenvalue weighted by Gasteiger charge is 2.36. The second-order valence-corrected chi connectivity index (χ2v) is 6.70. The summed E-state index contributed by atoms with van der Waals surface area (Å²) in [6, 6.07) is 13.9. The van der Waals surface area contributed by atoms with Crippen LogP contribution in [0.3, 0.4) is 0 Å². The van der Waals surface area contributed by atoms with E-state index in [-0.39, 0.29) is 5.92 Å². The molecule has 1 N–H and O–H groups in total. The van der Waals surface area contributed by atoms with Crippen molar-refractivity contribution in [2.75, 3.05) is 0 Å². The second kappa shape index (κ2) is 7.58. The molecule has 5 heteroatoms. The van der Waals surface area contributed by atoms with Crippen LogP contribution in [0.25, 0.3) is 0 Å². The molecule has 0 saturated carbocycles. The molecule has 2 rings (SSSR count). The summed E-state index contributed by atoms with van der Waals surface area (Å²) in [5.74, 6) is 1.02. The summed E-state index contributed by atoms with van der Waals surface area (Å²) in [7, 11) is 0. The van der Waals surface area contributed by atoms with Gasteiger partial charge < -0.3 is 14.6 Å². The Morgan fingerprint density at radius 3 is 1.96 bits per heavy atom. The molecule has 0 aliphatic carbocycles. The summed E-state index contributed by atoms with van der Waals surface area (Å²) in [6.45, 7) is 5.52. The molecule has 0 spiro atoms. The van der Waals surface area contributed by atoms with Crippen molar-refractivity contribution < 1.29 is 19.4 Å². The summed E-state index contributed by atoms with van der Waals surface area (Å²) in [5.41, 5.74) is -1.26. The highest BCUT2D eigenvalue weighted by molar-refractivity contribution is 6.30. The van der Waals surface area contributed by atoms with Crippen molar-refractivity contribution in [3.8, 4) is 17.2 Å². The van der Waals surface area contributed by atoms with Crippen LogP contribution in [0.2, 0.25) is 5.02 Å². The third kappa shape index (κ3) is 4.90.